The van der Waals surface area contributed by atoms with Gasteiger partial charge in [-0.3, -0.25) is 0 Å². The zero-order valence-electron chi connectivity index (χ0n) is 36.1. The Kier molecular flexibility index (Phi) is 12.3. The molecule has 0 aromatic heterocycles. The first-order chi connectivity index (χ1) is 30.3. The molecule has 7 aromatic rings. The van der Waals surface area contributed by atoms with Gasteiger partial charge >= 0.3 is 0 Å². The zero-order chi connectivity index (χ0) is 43.1. The number of unbranched alkanes of at least 4 members (excludes halogenated alkanes) is 3. The van der Waals surface area contributed by atoms with Gasteiger partial charge in [0.25, 0.3) is 0 Å². The van der Waals surface area contributed by atoms with Crippen LogP contribution in [0.1, 0.15) is 86.3 Å². The Bertz CT molecular complexity index is 2750. The molecule has 8 rings (SSSR count). The largest absolute Gasteiger partial charge is 0.310 e. The van der Waals surface area contributed by atoms with Crippen LogP contribution in [0.2, 0.25) is 0 Å². The first-order valence-corrected chi connectivity index (χ1v) is 21.8. The van der Waals surface area contributed by atoms with Crippen LogP contribution in [0.3, 0.4) is 0 Å². The topological polar surface area (TPSA) is 54.1 Å². The Balaban J connectivity index is 1.39. The minimum Gasteiger partial charge on any atom is -0.310 e. The fraction of sp³-hybridized carbons (Fsp3) is 0.172. The van der Waals surface area contributed by atoms with Gasteiger partial charge in [0.15, 0.2) is 0 Å². The number of anilines is 6. The van der Waals surface area contributed by atoms with Crippen LogP contribution in [0.5, 0.6) is 0 Å². The summed E-state index contributed by atoms with van der Waals surface area (Å²) in [6.07, 6.45) is 9.96. The lowest BCUT2D eigenvalue weighted by atomic mass is 9.75. The third-order valence-corrected chi connectivity index (χ3v) is 12.2. The number of benzene rings is 7. The molecular formula is C58H52N4. The zero-order valence-corrected chi connectivity index (χ0v) is 36.1. The van der Waals surface area contributed by atoms with Crippen molar-refractivity contribution in [2.24, 2.45) is 0 Å². The molecule has 7 aromatic carbocycles. The second kappa shape index (κ2) is 18.5. The van der Waals surface area contributed by atoms with Crippen LogP contribution in [-0.4, -0.2) is 0 Å². The highest BCUT2D eigenvalue weighted by Crippen LogP contribution is 2.52. The van der Waals surface area contributed by atoms with E-state index in [1.54, 1.807) is 0 Å². The molecule has 0 amide bonds. The summed E-state index contributed by atoms with van der Waals surface area (Å²) in [5.41, 5.74) is 15.7. The highest BCUT2D eigenvalue weighted by Gasteiger charge is 2.39. The monoisotopic (exact) mass is 804 g/mol. The predicted octanol–water partition coefficient (Wildman–Crippen LogP) is 16.2. The Hall–Kier alpha value is -7.40. The van der Waals surface area contributed by atoms with Crippen molar-refractivity contribution in [3.05, 3.63) is 209 Å². The predicted molar refractivity (Wildman–Crippen MR) is 260 cm³/mol. The smallest absolute Gasteiger partial charge is 0.0998 e. The molecule has 0 saturated carbocycles. The van der Waals surface area contributed by atoms with Crippen molar-refractivity contribution in [1.82, 2.24) is 0 Å². The van der Waals surface area contributed by atoms with E-state index >= 15 is 0 Å². The number of aryl methyl sites for hydroxylation is 1. The molecule has 0 heterocycles. The molecule has 62 heavy (non-hydrogen) atoms. The maximum absolute atomic E-state index is 11.2. The minimum absolute atomic E-state index is 0.101. The van der Waals surface area contributed by atoms with E-state index in [1.165, 1.54) is 53.5 Å². The molecule has 0 fully saturated rings. The number of nitrogens with zero attached hydrogens (tertiary/aromatic N) is 4. The van der Waals surface area contributed by atoms with Crippen LogP contribution in [0.15, 0.2) is 175 Å². The summed E-state index contributed by atoms with van der Waals surface area (Å²) in [5, 5.41) is 21.4. The van der Waals surface area contributed by atoms with E-state index in [-0.39, 0.29) is 5.41 Å². The van der Waals surface area contributed by atoms with Crippen LogP contribution in [0.4, 0.5) is 34.1 Å². The van der Waals surface area contributed by atoms with Gasteiger partial charge in [-0.05, 0) is 127 Å². The SMILES string of the molecule is CCCCCCC1(C)c2ccc(/C(C#N)=C/c3cc(N(c4ccccc4)c4ccccc4)c(/C=C(\C)C#N)cc3N(c3ccccc3)c3ccccc3)cc2-c2ccc(C)cc21. The van der Waals surface area contributed by atoms with Crippen molar-refractivity contribution in [3.63, 3.8) is 0 Å². The molecule has 1 aliphatic rings. The van der Waals surface area contributed by atoms with E-state index in [0.717, 1.165) is 57.2 Å². The average molecular weight is 805 g/mol. The van der Waals surface area contributed by atoms with E-state index in [2.05, 4.69) is 140 Å². The molecule has 1 aliphatic carbocycles. The number of rotatable bonds is 14. The number of allylic oxidation sites excluding steroid dienone is 2. The fourth-order valence-electron chi connectivity index (χ4n) is 9.08. The van der Waals surface area contributed by atoms with Crippen LogP contribution in [0.25, 0.3) is 28.9 Å². The van der Waals surface area contributed by atoms with Gasteiger partial charge in [0.2, 0.25) is 0 Å². The van der Waals surface area contributed by atoms with Crippen LogP contribution in [0, 0.1) is 29.6 Å². The van der Waals surface area contributed by atoms with Crippen molar-refractivity contribution < 1.29 is 0 Å². The molecule has 0 spiro atoms. The van der Waals surface area contributed by atoms with Gasteiger partial charge in [0, 0.05) is 44.9 Å². The standard InChI is InChI=1S/C58H52N4/c1-5-6-7-20-33-58(4)54-32-30-44(37-53(54)52-31-29-42(2)35-55(52)58)47(41-60)36-46-39-56(61(48-21-12-8-13-22-48)49-23-14-9-15-24-49)45(34-43(3)40-59)38-57(46)62(50-25-16-10-17-26-50)51-27-18-11-19-28-51/h8-19,21-32,34-39H,5-7,20,33H2,1-4H3/b43-34+,47-36+. The van der Waals surface area contributed by atoms with Crippen molar-refractivity contribution in [1.29, 1.82) is 10.5 Å². The van der Waals surface area contributed by atoms with Gasteiger partial charge in [-0.1, -0.05) is 148 Å². The molecule has 4 heteroatoms. The lowest BCUT2D eigenvalue weighted by Crippen LogP contribution is -2.20. The first kappa shape index (κ1) is 41.3. The van der Waals surface area contributed by atoms with E-state index in [1.807, 2.05) is 91.9 Å². The van der Waals surface area contributed by atoms with Crippen LogP contribution in [-0.2, 0) is 5.41 Å². The molecule has 4 nitrogen and oxygen atoms in total. The Labute approximate surface area is 368 Å². The minimum atomic E-state index is -0.101. The molecule has 0 bridgehead atoms. The second-order valence-corrected chi connectivity index (χ2v) is 16.5. The molecule has 0 N–H and O–H groups in total. The van der Waals surface area contributed by atoms with E-state index in [9.17, 15) is 10.5 Å². The maximum atomic E-state index is 11.2. The average Bonchev–Trinajstić information content (AvgIpc) is 3.55. The summed E-state index contributed by atoms with van der Waals surface area (Å²) in [5.74, 6) is 0. The van der Waals surface area contributed by atoms with Crippen LogP contribution >= 0.6 is 0 Å². The molecular weight excluding hydrogens is 753 g/mol. The Morgan fingerprint density at radius 2 is 1.06 bits per heavy atom. The molecule has 0 aliphatic heterocycles. The number of nitriles is 2. The normalized spacial score (nSPS) is 14.4. The van der Waals surface area contributed by atoms with Gasteiger partial charge < -0.3 is 9.80 Å². The molecule has 304 valence electrons. The Morgan fingerprint density at radius 1 is 0.548 bits per heavy atom. The molecule has 0 saturated heterocycles. The summed E-state index contributed by atoms with van der Waals surface area (Å²) >= 11 is 0. The van der Waals surface area contributed by atoms with Crippen molar-refractivity contribution in [3.8, 4) is 23.3 Å². The lowest BCUT2D eigenvalue weighted by molar-refractivity contribution is 0.487. The highest BCUT2D eigenvalue weighted by atomic mass is 15.2. The van der Waals surface area contributed by atoms with Gasteiger partial charge in [0.1, 0.15) is 0 Å². The first-order valence-electron chi connectivity index (χ1n) is 21.8. The van der Waals surface area contributed by atoms with Crippen LogP contribution < -0.4 is 9.80 Å². The van der Waals surface area contributed by atoms with Crippen molar-refractivity contribution >= 4 is 51.8 Å². The summed E-state index contributed by atoms with van der Waals surface area (Å²) < 4.78 is 0. The fourth-order valence-corrected chi connectivity index (χ4v) is 9.08. The summed E-state index contributed by atoms with van der Waals surface area (Å²) in [7, 11) is 0. The number of fused-ring (bicyclic) bond motifs is 3. The lowest BCUT2D eigenvalue weighted by Gasteiger charge is -2.31. The van der Waals surface area contributed by atoms with Gasteiger partial charge in [-0.25, -0.2) is 0 Å². The van der Waals surface area contributed by atoms with E-state index in [4.69, 9.17) is 0 Å². The maximum Gasteiger partial charge on any atom is 0.0998 e. The summed E-state index contributed by atoms with van der Waals surface area (Å²) in [6, 6.07) is 64.2. The number of para-hydroxylation sites is 4. The van der Waals surface area contributed by atoms with Gasteiger partial charge in [0.05, 0.1) is 29.1 Å². The van der Waals surface area contributed by atoms with Crippen molar-refractivity contribution in [2.45, 2.75) is 65.2 Å². The number of hydrogen-bond donors (Lipinski definition) is 0. The van der Waals surface area contributed by atoms with Gasteiger partial charge in [-0.2, -0.15) is 10.5 Å². The van der Waals surface area contributed by atoms with Crippen molar-refractivity contribution in [2.75, 3.05) is 9.80 Å². The Morgan fingerprint density at radius 3 is 1.55 bits per heavy atom. The molecule has 0 radical (unpaired) electrons. The summed E-state index contributed by atoms with van der Waals surface area (Å²) in [4.78, 5) is 4.47. The highest BCUT2D eigenvalue weighted by molar-refractivity contribution is 5.98. The van der Waals surface area contributed by atoms with E-state index in [0.29, 0.717) is 11.1 Å². The summed E-state index contributed by atoms with van der Waals surface area (Å²) in [6.45, 7) is 8.70. The molecule has 1 atom stereocenters. The third-order valence-electron chi connectivity index (χ3n) is 12.2. The van der Waals surface area contributed by atoms with E-state index < -0.39 is 0 Å². The third kappa shape index (κ3) is 8.34. The second-order valence-electron chi connectivity index (χ2n) is 16.5. The number of hydrogen-bond acceptors (Lipinski definition) is 4. The van der Waals surface area contributed by atoms with Gasteiger partial charge in [-0.15, -0.1) is 0 Å². The molecule has 1 unspecified atom stereocenters. The quantitative estimate of drug-likeness (QED) is 0.0624.